The molecule has 6 heteroatoms. The molecule has 1 aromatic heterocycles. The summed E-state index contributed by atoms with van der Waals surface area (Å²) in [4.78, 5) is 16.6. The summed E-state index contributed by atoms with van der Waals surface area (Å²) in [7, 11) is 0. The minimum Gasteiger partial charge on any atom is -0.494 e. The molecule has 2 aliphatic rings. The fraction of sp³-hybridized carbons (Fsp3) is 0.450. The largest absolute Gasteiger partial charge is 0.494 e. The summed E-state index contributed by atoms with van der Waals surface area (Å²) in [5, 5.41) is 7.64. The number of rotatable bonds is 4. The summed E-state index contributed by atoms with van der Waals surface area (Å²) < 4.78 is 5.50. The van der Waals surface area contributed by atoms with Crippen LogP contribution >= 0.6 is 11.3 Å². The molecule has 0 aliphatic carbocycles. The summed E-state index contributed by atoms with van der Waals surface area (Å²) in [6, 6.07) is 8.43. The lowest BCUT2D eigenvalue weighted by Crippen LogP contribution is -2.39. The molecule has 0 saturated heterocycles. The van der Waals surface area contributed by atoms with E-state index < -0.39 is 0 Å². The molecule has 2 aliphatic heterocycles. The zero-order valence-corrected chi connectivity index (χ0v) is 16.3. The minimum atomic E-state index is -0.202. The lowest BCUT2D eigenvalue weighted by molar-refractivity contribution is 0.0934. The first-order valence-electron chi connectivity index (χ1n) is 9.25. The smallest absolute Gasteiger partial charge is 0.256 e. The molecule has 2 N–H and O–H groups in total. The molecule has 0 saturated carbocycles. The predicted molar refractivity (Wildman–Crippen MR) is 105 cm³/mol. The zero-order valence-electron chi connectivity index (χ0n) is 15.5. The molecule has 0 unspecified atom stereocenters. The SMILES string of the molecule is CCOc1ccc([C@@H]2NC(=O)c3c(sc4c3CCN(C(C)C)C4)N2)cc1. The zero-order chi connectivity index (χ0) is 18.3. The van der Waals surface area contributed by atoms with Gasteiger partial charge < -0.3 is 15.4 Å². The first-order chi connectivity index (χ1) is 12.6. The highest BCUT2D eigenvalue weighted by Crippen LogP contribution is 2.41. The molecule has 26 heavy (non-hydrogen) atoms. The van der Waals surface area contributed by atoms with E-state index in [4.69, 9.17) is 4.74 Å². The van der Waals surface area contributed by atoms with Gasteiger partial charge in [-0.1, -0.05) is 12.1 Å². The van der Waals surface area contributed by atoms with Crippen LogP contribution < -0.4 is 15.4 Å². The van der Waals surface area contributed by atoms with E-state index in [0.29, 0.717) is 12.6 Å². The predicted octanol–water partition coefficient (Wildman–Crippen LogP) is 3.77. The number of ether oxygens (including phenoxy) is 1. The molecule has 3 heterocycles. The lowest BCUT2D eigenvalue weighted by atomic mass is 9.99. The van der Waals surface area contributed by atoms with Gasteiger partial charge in [-0.3, -0.25) is 9.69 Å². The van der Waals surface area contributed by atoms with Crippen molar-refractivity contribution in [2.24, 2.45) is 0 Å². The first kappa shape index (κ1) is 17.4. The van der Waals surface area contributed by atoms with Crippen molar-refractivity contribution < 1.29 is 9.53 Å². The van der Waals surface area contributed by atoms with Gasteiger partial charge in [0.2, 0.25) is 0 Å². The second-order valence-corrected chi connectivity index (χ2v) is 8.18. The number of nitrogens with one attached hydrogen (secondary N) is 2. The Kier molecular flexibility index (Phi) is 4.63. The van der Waals surface area contributed by atoms with Crippen LogP contribution in [0.5, 0.6) is 5.75 Å². The molecule has 138 valence electrons. The van der Waals surface area contributed by atoms with Crippen molar-refractivity contribution in [1.29, 1.82) is 0 Å². The maximum atomic E-state index is 12.8. The van der Waals surface area contributed by atoms with Crippen LogP contribution in [0.15, 0.2) is 24.3 Å². The van der Waals surface area contributed by atoms with Crippen molar-refractivity contribution in [1.82, 2.24) is 10.2 Å². The number of benzene rings is 1. The number of anilines is 1. The summed E-state index contributed by atoms with van der Waals surface area (Å²) in [5.41, 5.74) is 3.12. The van der Waals surface area contributed by atoms with Crippen molar-refractivity contribution in [2.75, 3.05) is 18.5 Å². The van der Waals surface area contributed by atoms with Gasteiger partial charge in [0, 0.05) is 24.0 Å². The number of carbonyl (C=O) groups excluding carboxylic acids is 1. The van der Waals surface area contributed by atoms with Gasteiger partial charge in [-0.25, -0.2) is 0 Å². The Balaban J connectivity index is 1.58. The molecule has 5 nitrogen and oxygen atoms in total. The highest BCUT2D eigenvalue weighted by molar-refractivity contribution is 7.16. The molecule has 4 rings (SSSR count). The molecule has 1 atom stereocenters. The third-order valence-electron chi connectivity index (χ3n) is 5.12. The standard InChI is InChI=1S/C20H25N3O2S/c1-4-25-14-7-5-13(6-8-14)18-21-19(24)17-15-9-10-23(12(2)3)11-16(15)26-20(17)22-18/h5-8,12,18,22H,4,9-11H2,1-3H3,(H,21,24)/t18-/m1/s1. The lowest BCUT2D eigenvalue weighted by Gasteiger charge is -2.31. The van der Waals surface area contributed by atoms with Gasteiger partial charge in [0.15, 0.2) is 0 Å². The van der Waals surface area contributed by atoms with E-state index in [1.165, 1.54) is 10.4 Å². The van der Waals surface area contributed by atoms with Crippen molar-refractivity contribution >= 4 is 22.2 Å². The molecule has 0 radical (unpaired) electrons. The molecule has 1 amide bonds. The topological polar surface area (TPSA) is 53.6 Å². The summed E-state index contributed by atoms with van der Waals surface area (Å²) >= 11 is 1.73. The molecule has 0 bridgehead atoms. The molecular weight excluding hydrogens is 346 g/mol. The van der Waals surface area contributed by atoms with Gasteiger partial charge in [0.25, 0.3) is 5.91 Å². The van der Waals surface area contributed by atoms with Crippen LogP contribution in [0, 0.1) is 0 Å². The van der Waals surface area contributed by atoms with Gasteiger partial charge in [0.1, 0.15) is 16.9 Å². The number of amides is 1. The number of hydrogen-bond acceptors (Lipinski definition) is 5. The highest BCUT2D eigenvalue weighted by atomic mass is 32.1. The van der Waals surface area contributed by atoms with Crippen molar-refractivity contribution in [3.63, 3.8) is 0 Å². The monoisotopic (exact) mass is 371 g/mol. The molecular formula is C20H25N3O2S. The highest BCUT2D eigenvalue weighted by Gasteiger charge is 2.33. The maximum absolute atomic E-state index is 12.8. The number of nitrogens with zero attached hydrogens (tertiary/aromatic N) is 1. The van der Waals surface area contributed by atoms with Crippen LogP contribution in [0.3, 0.4) is 0 Å². The van der Waals surface area contributed by atoms with Crippen LogP contribution in [-0.2, 0) is 13.0 Å². The second-order valence-electron chi connectivity index (χ2n) is 7.08. The van der Waals surface area contributed by atoms with Crippen molar-refractivity contribution in [3.05, 3.63) is 45.8 Å². The number of fused-ring (bicyclic) bond motifs is 3. The normalized spacial score (nSPS) is 19.5. The van der Waals surface area contributed by atoms with E-state index in [2.05, 4.69) is 29.4 Å². The molecule has 0 spiro atoms. The van der Waals surface area contributed by atoms with Gasteiger partial charge >= 0.3 is 0 Å². The fourth-order valence-electron chi connectivity index (χ4n) is 3.67. The quantitative estimate of drug-likeness (QED) is 0.859. The summed E-state index contributed by atoms with van der Waals surface area (Å²) in [6.07, 6.45) is 0.745. The Hall–Kier alpha value is -2.05. The van der Waals surface area contributed by atoms with Crippen LogP contribution in [-0.4, -0.2) is 30.0 Å². The maximum Gasteiger partial charge on any atom is 0.256 e. The number of thiophene rings is 1. The third kappa shape index (κ3) is 3.08. The van der Waals surface area contributed by atoms with E-state index in [9.17, 15) is 4.79 Å². The summed E-state index contributed by atoms with van der Waals surface area (Å²) in [5.74, 6) is 0.882. The van der Waals surface area contributed by atoms with E-state index in [0.717, 1.165) is 41.4 Å². The van der Waals surface area contributed by atoms with E-state index in [-0.39, 0.29) is 12.1 Å². The Morgan fingerprint density at radius 2 is 2.04 bits per heavy atom. The van der Waals surface area contributed by atoms with E-state index in [1.807, 2.05) is 31.2 Å². The molecule has 2 aromatic rings. The van der Waals surface area contributed by atoms with Gasteiger partial charge in [-0.2, -0.15) is 0 Å². The number of hydrogen-bond donors (Lipinski definition) is 2. The van der Waals surface area contributed by atoms with Crippen molar-refractivity contribution in [3.8, 4) is 5.75 Å². The van der Waals surface area contributed by atoms with Crippen LogP contribution in [0.1, 0.15) is 53.3 Å². The van der Waals surface area contributed by atoms with Crippen molar-refractivity contribution in [2.45, 2.75) is 45.9 Å². The third-order valence-corrected chi connectivity index (χ3v) is 6.27. The Morgan fingerprint density at radius 1 is 1.27 bits per heavy atom. The first-order valence-corrected chi connectivity index (χ1v) is 10.1. The van der Waals surface area contributed by atoms with E-state index >= 15 is 0 Å². The Labute approximate surface area is 158 Å². The molecule has 0 fully saturated rings. The number of carbonyl (C=O) groups is 1. The Morgan fingerprint density at radius 3 is 2.73 bits per heavy atom. The Bertz CT molecular complexity index is 813. The van der Waals surface area contributed by atoms with Gasteiger partial charge in [0.05, 0.1) is 12.2 Å². The van der Waals surface area contributed by atoms with E-state index in [1.54, 1.807) is 11.3 Å². The fourth-order valence-corrected chi connectivity index (χ4v) is 4.97. The van der Waals surface area contributed by atoms with Crippen LogP contribution in [0.25, 0.3) is 0 Å². The van der Waals surface area contributed by atoms with Gasteiger partial charge in [-0.15, -0.1) is 11.3 Å². The average molecular weight is 372 g/mol. The summed E-state index contributed by atoms with van der Waals surface area (Å²) in [6.45, 7) is 9.03. The van der Waals surface area contributed by atoms with Crippen LogP contribution in [0.2, 0.25) is 0 Å². The minimum absolute atomic E-state index is 0.0353. The molecule has 1 aromatic carbocycles. The van der Waals surface area contributed by atoms with Gasteiger partial charge in [-0.05, 0) is 50.5 Å². The average Bonchev–Trinajstić information content (AvgIpc) is 3.00. The second kappa shape index (κ2) is 6.93. The van der Waals surface area contributed by atoms with Crippen LogP contribution in [0.4, 0.5) is 5.00 Å².